The van der Waals surface area contributed by atoms with Crippen molar-refractivity contribution >= 4 is 11.8 Å². The molecule has 0 aliphatic carbocycles. The summed E-state index contributed by atoms with van der Waals surface area (Å²) in [4.78, 5) is 25.6. The SMILES string of the molecule is C[C@H]1CC[C@H](C(N)=O)CN1C(=O)c1ccc(CN)cc1. The molecule has 2 rings (SSSR count). The van der Waals surface area contributed by atoms with Gasteiger partial charge < -0.3 is 16.4 Å². The Kier molecular flexibility index (Phi) is 4.39. The third-order valence-electron chi connectivity index (χ3n) is 3.98. The topological polar surface area (TPSA) is 89.4 Å². The van der Waals surface area contributed by atoms with Crippen molar-refractivity contribution in [3.8, 4) is 0 Å². The van der Waals surface area contributed by atoms with E-state index in [2.05, 4.69) is 0 Å². The Bertz CT molecular complexity index is 498. The van der Waals surface area contributed by atoms with Gasteiger partial charge in [-0.15, -0.1) is 0 Å². The molecule has 2 amide bonds. The Morgan fingerprint density at radius 3 is 2.45 bits per heavy atom. The van der Waals surface area contributed by atoms with E-state index < -0.39 is 0 Å². The monoisotopic (exact) mass is 275 g/mol. The summed E-state index contributed by atoms with van der Waals surface area (Å²) >= 11 is 0. The van der Waals surface area contributed by atoms with Crippen LogP contribution >= 0.6 is 0 Å². The predicted octanol–water partition coefficient (Wildman–Crippen LogP) is 0.871. The predicted molar refractivity (Wildman–Crippen MR) is 76.8 cm³/mol. The maximum absolute atomic E-state index is 12.5. The number of hydrogen-bond donors (Lipinski definition) is 2. The van der Waals surface area contributed by atoms with Crippen LogP contribution in [0.2, 0.25) is 0 Å². The first-order chi connectivity index (χ1) is 9.52. The number of carbonyl (C=O) groups excluding carboxylic acids is 2. The molecule has 0 spiro atoms. The van der Waals surface area contributed by atoms with Crippen LogP contribution in [0.5, 0.6) is 0 Å². The standard InChI is InChI=1S/C15H21N3O2/c1-10-2-5-13(14(17)19)9-18(10)15(20)12-6-3-11(8-16)4-7-12/h3-4,6-7,10,13H,2,5,8-9,16H2,1H3,(H2,17,19)/t10-,13-/m0/s1. The van der Waals surface area contributed by atoms with E-state index >= 15 is 0 Å². The number of amides is 2. The summed E-state index contributed by atoms with van der Waals surface area (Å²) in [5.74, 6) is -0.612. The maximum Gasteiger partial charge on any atom is 0.254 e. The zero-order valence-electron chi connectivity index (χ0n) is 11.7. The summed E-state index contributed by atoms with van der Waals surface area (Å²) in [7, 11) is 0. The average Bonchev–Trinajstić information content (AvgIpc) is 2.47. The maximum atomic E-state index is 12.5. The summed E-state index contributed by atoms with van der Waals surface area (Å²) in [6.07, 6.45) is 1.56. The smallest absolute Gasteiger partial charge is 0.254 e. The molecule has 2 atom stereocenters. The molecule has 5 nitrogen and oxygen atoms in total. The van der Waals surface area contributed by atoms with E-state index in [0.29, 0.717) is 18.7 Å². The van der Waals surface area contributed by atoms with Crippen LogP contribution < -0.4 is 11.5 Å². The van der Waals surface area contributed by atoms with Gasteiger partial charge in [-0.3, -0.25) is 9.59 Å². The number of likely N-dealkylation sites (tertiary alicyclic amines) is 1. The second-order valence-corrected chi connectivity index (χ2v) is 5.38. The van der Waals surface area contributed by atoms with Crippen LogP contribution in [0.25, 0.3) is 0 Å². The van der Waals surface area contributed by atoms with Crippen molar-refractivity contribution in [2.75, 3.05) is 6.54 Å². The highest BCUT2D eigenvalue weighted by Crippen LogP contribution is 2.23. The molecule has 1 aromatic carbocycles. The van der Waals surface area contributed by atoms with Gasteiger partial charge in [0.25, 0.3) is 5.91 Å². The minimum atomic E-state index is -0.326. The summed E-state index contributed by atoms with van der Waals surface area (Å²) in [5, 5.41) is 0. The van der Waals surface area contributed by atoms with Crippen molar-refractivity contribution in [3.63, 3.8) is 0 Å². The third kappa shape index (κ3) is 2.99. The third-order valence-corrected chi connectivity index (χ3v) is 3.98. The number of benzene rings is 1. The average molecular weight is 275 g/mol. The molecule has 1 heterocycles. The molecule has 108 valence electrons. The largest absolute Gasteiger partial charge is 0.369 e. The number of rotatable bonds is 3. The van der Waals surface area contributed by atoms with Gasteiger partial charge in [-0.2, -0.15) is 0 Å². The summed E-state index contributed by atoms with van der Waals surface area (Å²) in [6.45, 7) is 2.87. The summed E-state index contributed by atoms with van der Waals surface area (Å²) in [6, 6.07) is 7.41. The molecule has 20 heavy (non-hydrogen) atoms. The van der Waals surface area contributed by atoms with Crippen molar-refractivity contribution in [1.82, 2.24) is 4.90 Å². The fraction of sp³-hybridized carbons (Fsp3) is 0.467. The molecular formula is C15H21N3O2. The van der Waals surface area contributed by atoms with E-state index in [4.69, 9.17) is 11.5 Å². The van der Waals surface area contributed by atoms with Crippen molar-refractivity contribution < 1.29 is 9.59 Å². The Morgan fingerprint density at radius 2 is 1.90 bits per heavy atom. The van der Waals surface area contributed by atoms with Crippen molar-refractivity contribution in [2.45, 2.75) is 32.4 Å². The highest BCUT2D eigenvalue weighted by atomic mass is 16.2. The number of carbonyl (C=O) groups is 2. The minimum Gasteiger partial charge on any atom is -0.369 e. The van der Waals surface area contributed by atoms with Crippen molar-refractivity contribution in [3.05, 3.63) is 35.4 Å². The molecule has 4 N–H and O–H groups in total. The van der Waals surface area contributed by atoms with Gasteiger partial charge in [-0.1, -0.05) is 12.1 Å². The molecule has 0 aromatic heterocycles. The van der Waals surface area contributed by atoms with Gasteiger partial charge in [0.2, 0.25) is 5.91 Å². The molecule has 0 bridgehead atoms. The zero-order chi connectivity index (χ0) is 14.7. The normalized spacial score (nSPS) is 22.6. The number of piperidine rings is 1. The zero-order valence-corrected chi connectivity index (χ0v) is 11.7. The first-order valence-corrected chi connectivity index (χ1v) is 6.92. The van der Waals surface area contributed by atoms with E-state index in [0.717, 1.165) is 18.4 Å². The lowest BCUT2D eigenvalue weighted by Gasteiger charge is -2.37. The van der Waals surface area contributed by atoms with Gasteiger partial charge >= 0.3 is 0 Å². The molecule has 1 aliphatic heterocycles. The van der Waals surface area contributed by atoms with Crippen LogP contribution in [0.15, 0.2) is 24.3 Å². The molecule has 0 unspecified atom stereocenters. The molecule has 1 aromatic rings. The van der Waals surface area contributed by atoms with E-state index in [-0.39, 0.29) is 23.8 Å². The van der Waals surface area contributed by atoms with Crippen LogP contribution in [-0.4, -0.2) is 29.3 Å². The van der Waals surface area contributed by atoms with Gasteiger partial charge in [0.15, 0.2) is 0 Å². The second kappa shape index (κ2) is 6.05. The Balaban J connectivity index is 2.15. The number of primary amides is 1. The molecule has 1 fully saturated rings. The number of hydrogen-bond acceptors (Lipinski definition) is 3. The van der Waals surface area contributed by atoms with Gasteiger partial charge in [-0.25, -0.2) is 0 Å². The van der Waals surface area contributed by atoms with Gasteiger partial charge in [-0.05, 0) is 37.5 Å². The Labute approximate surface area is 118 Å². The van der Waals surface area contributed by atoms with Crippen molar-refractivity contribution in [2.24, 2.45) is 17.4 Å². The van der Waals surface area contributed by atoms with Gasteiger partial charge in [0.05, 0.1) is 5.92 Å². The quantitative estimate of drug-likeness (QED) is 0.857. The molecule has 5 heteroatoms. The van der Waals surface area contributed by atoms with Gasteiger partial charge in [0.1, 0.15) is 0 Å². The summed E-state index contributed by atoms with van der Waals surface area (Å²) < 4.78 is 0. The minimum absolute atomic E-state index is 0.0491. The van der Waals surface area contributed by atoms with Crippen LogP contribution in [0.1, 0.15) is 35.7 Å². The first kappa shape index (κ1) is 14.5. The molecule has 0 radical (unpaired) electrons. The molecule has 1 aliphatic rings. The lowest BCUT2D eigenvalue weighted by Crippen LogP contribution is -2.48. The van der Waals surface area contributed by atoms with E-state index in [1.54, 1.807) is 17.0 Å². The highest BCUT2D eigenvalue weighted by molar-refractivity contribution is 5.95. The van der Waals surface area contributed by atoms with Gasteiger partial charge in [0, 0.05) is 24.7 Å². The fourth-order valence-corrected chi connectivity index (χ4v) is 2.57. The molecule has 1 saturated heterocycles. The van der Waals surface area contributed by atoms with E-state index in [9.17, 15) is 9.59 Å². The first-order valence-electron chi connectivity index (χ1n) is 6.92. The van der Waals surface area contributed by atoms with Crippen LogP contribution in [0.4, 0.5) is 0 Å². The fourth-order valence-electron chi connectivity index (χ4n) is 2.57. The van der Waals surface area contributed by atoms with Crippen molar-refractivity contribution in [1.29, 1.82) is 0 Å². The molecule has 0 saturated carbocycles. The lowest BCUT2D eigenvalue weighted by molar-refractivity contribution is -0.123. The highest BCUT2D eigenvalue weighted by Gasteiger charge is 2.31. The van der Waals surface area contributed by atoms with Crippen LogP contribution in [-0.2, 0) is 11.3 Å². The Morgan fingerprint density at radius 1 is 1.25 bits per heavy atom. The lowest BCUT2D eigenvalue weighted by atomic mass is 9.92. The molecular weight excluding hydrogens is 254 g/mol. The van der Waals surface area contributed by atoms with E-state index in [1.807, 2.05) is 19.1 Å². The number of nitrogens with zero attached hydrogens (tertiary/aromatic N) is 1. The summed E-state index contributed by atoms with van der Waals surface area (Å²) in [5.41, 5.74) is 12.5. The Hall–Kier alpha value is -1.88. The van der Waals surface area contributed by atoms with Crippen LogP contribution in [0, 0.1) is 5.92 Å². The number of nitrogens with two attached hydrogens (primary N) is 2. The van der Waals surface area contributed by atoms with Crippen LogP contribution in [0.3, 0.4) is 0 Å². The van der Waals surface area contributed by atoms with E-state index in [1.165, 1.54) is 0 Å². The second-order valence-electron chi connectivity index (χ2n) is 5.38.